The second kappa shape index (κ2) is 8.65. The molecule has 138 valence electrons. The third kappa shape index (κ3) is 4.43. The summed E-state index contributed by atoms with van der Waals surface area (Å²) in [6, 6.07) is 17.9. The van der Waals surface area contributed by atoms with E-state index in [0.717, 1.165) is 24.9 Å². The second-order valence-electron chi connectivity index (χ2n) is 7.52. The van der Waals surface area contributed by atoms with E-state index in [1.165, 1.54) is 57.5 Å². The molecule has 2 fully saturated rings. The molecule has 0 amide bonds. The number of anilines is 1. The maximum absolute atomic E-state index is 4.50. The Labute approximate surface area is 157 Å². The van der Waals surface area contributed by atoms with Gasteiger partial charge in [0.1, 0.15) is 5.82 Å². The highest BCUT2D eigenvalue weighted by atomic mass is 15.3. The third-order valence-electron chi connectivity index (χ3n) is 5.92. The Morgan fingerprint density at radius 3 is 2.23 bits per heavy atom. The smallest absolute Gasteiger partial charge is 0.128 e. The number of pyridine rings is 1. The second-order valence-corrected chi connectivity index (χ2v) is 7.52. The molecule has 4 nitrogen and oxygen atoms in total. The molecule has 0 atom stereocenters. The third-order valence-corrected chi connectivity index (χ3v) is 5.92. The lowest BCUT2D eigenvalue weighted by molar-refractivity contribution is 0.104. The molecule has 2 saturated heterocycles. The predicted octanol–water partition coefficient (Wildman–Crippen LogP) is 2.91. The lowest BCUT2D eigenvalue weighted by Crippen LogP contribution is -2.53. The Morgan fingerprint density at radius 1 is 0.808 bits per heavy atom. The summed E-state index contributed by atoms with van der Waals surface area (Å²) >= 11 is 0. The molecule has 0 N–H and O–H groups in total. The minimum absolute atomic E-state index is 0.772. The number of aromatic nitrogens is 1. The average molecular weight is 351 g/mol. The van der Waals surface area contributed by atoms with E-state index in [1.807, 2.05) is 12.3 Å². The van der Waals surface area contributed by atoms with Crippen molar-refractivity contribution >= 4 is 5.82 Å². The van der Waals surface area contributed by atoms with Crippen LogP contribution >= 0.6 is 0 Å². The number of piperidine rings is 1. The summed E-state index contributed by atoms with van der Waals surface area (Å²) in [7, 11) is 0. The number of nitrogens with zero attached hydrogens (tertiary/aromatic N) is 4. The van der Waals surface area contributed by atoms with Gasteiger partial charge in [-0.05, 0) is 50.0 Å². The van der Waals surface area contributed by atoms with Gasteiger partial charge in [0.2, 0.25) is 0 Å². The first-order chi connectivity index (χ1) is 12.9. The quantitative estimate of drug-likeness (QED) is 0.827. The molecule has 3 heterocycles. The number of hydrogen-bond donors (Lipinski definition) is 0. The van der Waals surface area contributed by atoms with Crippen molar-refractivity contribution in [3.05, 3.63) is 60.3 Å². The molecule has 26 heavy (non-hydrogen) atoms. The van der Waals surface area contributed by atoms with Gasteiger partial charge < -0.3 is 9.80 Å². The van der Waals surface area contributed by atoms with Crippen LogP contribution in [-0.2, 0) is 6.42 Å². The van der Waals surface area contributed by atoms with Gasteiger partial charge in [-0.2, -0.15) is 0 Å². The topological polar surface area (TPSA) is 22.6 Å². The average Bonchev–Trinajstić information content (AvgIpc) is 2.74. The summed E-state index contributed by atoms with van der Waals surface area (Å²) in [6.45, 7) is 8.24. The number of likely N-dealkylation sites (tertiary alicyclic amines) is 1. The number of benzene rings is 1. The monoisotopic (exact) mass is 350 g/mol. The Balaban J connectivity index is 1.19. The molecule has 0 saturated carbocycles. The van der Waals surface area contributed by atoms with Crippen molar-refractivity contribution in [1.29, 1.82) is 0 Å². The fourth-order valence-electron chi connectivity index (χ4n) is 4.30. The minimum atomic E-state index is 0.772. The normalized spacial score (nSPS) is 20.4. The van der Waals surface area contributed by atoms with Crippen molar-refractivity contribution in [3.8, 4) is 0 Å². The number of piperazine rings is 1. The van der Waals surface area contributed by atoms with Gasteiger partial charge in [0.15, 0.2) is 0 Å². The van der Waals surface area contributed by atoms with Gasteiger partial charge >= 0.3 is 0 Å². The van der Waals surface area contributed by atoms with Crippen LogP contribution in [0.2, 0.25) is 0 Å². The van der Waals surface area contributed by atoms with Gasteiger partial charge in [-0.25, -0.2) is 4.98 Å². The Morgan fingerprint density at radius 2 is 1.54 bits per heavy atom. The lowest BCUT2D eigenvalue weighted by Gasteiger charge is -2.43. The molecule has 1 aromatic carbocycles. The van der Waals surface area contributed by atoms with Crippen molar-refractivity contribution in [2.45, 2.75) is 25.3 Å². The van der Waals surface area contributed by atoms with Crippen LogP contribution in [0.4, 0.5) is 5.82 Å². The molecular weight excluding hydrogens is 320 g/mol. The van der Waals surface area contributed by atoms with Crippen LogP contribution < -0.4 is 4.90 Å². The Hall–Kier alpha value is -1.91. The zero-order valence-electron chi connectivity index (χ0n) is 15.6. The van der Waals surface area contributed by atoms with Crippen molar-refractivity contribution in [3.63, 3.8) is 0 Å². The van der Waals surface area contributed by atoms with E-state index < -0.39 is 0 Å². The highest BCUT2D eigenvalue weighted by Crippen LogP contribution is 2.20. The molecule has 2 aromatic rings. The van der Waals surface area contributed by atoms with Gasteiger partial charge in [0.05, 0.1) is 0 Å². The van der Waals surface area contributed by atoms with E-state index in [1.54, 1.807) is 0 Å². The van der Waals surface area contributed by atoms with Crippen molar-refractivity contribution in [2.24, 2.45) is 0 Å². The van der Waals surface area contributed by atoms with E-state index in [0.29, 0.717) is 0 Å². The molecule has 0 unspecified atom stereocenters. The SMILES string of the molecule is c1ccc(CCN2CCC(N3CCN(c4ccccn4)CC3)CC2)cc1. The molecule has 0 bridgehead atoms. The molecule has 4 rings (SSSR count). The van der Waals surface area contributed by atoms with E-state index in [4.69, 9.17) is 0 Å². The molecule has 4 heteroatoms. The summed E-state index contributed by atoms with van der Waals surface area (Å²) in [4.78, 5) is 12.3. The van der Waals surface area contributed by atoms with E-state index in [-0.39, 0.29) is 0 Å². The van der Waals surface area contributed by atoms with E-state index in [9.17, 15) is 0 Å². The summed E-state index contributed by atoms with van der Waals surface area (Å²) in [6.07, 6.45) is 5.71. The van der Waals surface area contributed by atoms with Crippen LogP contribution in [-0.4, -0.2) is 66.6 Å². The first-order valence-electron chi connectivity index (χ1n) is 10.0. The zero-order chi connectivity index (χ0) is 17.6. The first-order valence-corrected chi connectivity index (χ1v) is 10.0. The molecular formula is C22H30N4. The predicted molar refractivity (Wildman–Crippen MR) is 108 cm³/mol. The maximum Gasteiger partial charge on any atom is 0.128 e. The summed E-state index contributed by atoms with van der Waals surface area (Å²) < 4.78 is 0. The van der Waals surface area contributed by atoms with Crippen LogP contribution in [0, 0.1) is 0 Å². The van der Waals surface area contributed by atoms with Gasteiger partial charge in [-0.3, -0.25) is 4.90 Å². The maximum atomic E-state index is 4.50. The van der Waals surface area contributed by atoms with Crippen LogP contribution in [0.5, 0.6) is 0 Å². The minimum Gasteiger partial charge on any atom is -0.354 e. The van der Waals surface area contributed by atoms with Crippen LogP contribution in [0.15, 0.2) is 54.7 Å². The highest BCUT2D eigenvalue weighted by Gasteiger charge is 2.27. The van der Waals surface area contributed by atoms with Crippen LogP contribution in [0.1, 0.15) is 18.4 Å². The molecule has 1 aromatic heterocycles. The number of hydrogen-bond acceptors (Lipinski definition) is 4. The van der Waals surface area contributed by atoms with Gasteiger partial charge in [-0.1, -0.05) is 36.4 Å². The Kier molecular flexibility index (Phi) is 5.82. The van der Waals surface area contributed by atoms with Gasteiger partial charge in [0.25, 0.3) is 0 Å². The molecule has 0 aliphatic carbocycles. The first kappa shape index (κ1) is 17.5. The molecule has 2 aliphatic heterocycles. The van der Waals surface area contributed by atoms with Crippen molar-refractivity contribution in [2.75, 3.05) is 50.7 Å². The van der Waals surface area contributed by atoms with E-state index in [2.05, 4.69) is 62.1 Å². The fourth-order valence-corrected chi connectivity index (χ4v) is 4.30. The van der Waals surface area contributed by atoms with Crippen LogP contribution in [0.25, 0.3) is 0 Å². The zero-order valence-corrected chi connectivity index (χ0v) is 15.6. The lowest BCUT2D eigenvalue weighted by atomic mass is 10.0. The fraction of sp³-hybridized carbons (Fsp3) is 0.500. The summed E-state index contributed by atoms with van der Waals surface area (Å²) in [5.74, 6) is 1.13. The van der Waals surface area contributed by atoms with Crippen molar-refractivity contribution < 1.29 is 0 Å². The molecule has 2 aliphatic rings. The Bertz CT molecular complexity index is 644. The largest absolute Gasteiger partial charge is 0.354 e. The van der Waals surface area contributed by atoms with Gasteiger partial charge in [0, 0.05) is 45.0 Å². The highest BCUT2D eigenvalue weighted by molar-refractivity contribution is 5.38. The summed E-state index contributed by atoms with van der Waals surface area (Å²) in [5.41, 5.74) is 1.46. The standard InChI is InChI=1S/C22H30N4/c1-2-6-20(7-3-1)9-13-24-14-10-21(11-15-24)25-16-18-26(19-17-25)22-8-4-5-12-23-22/h1-8,12,21H,9-11,13-19H2. The van der Waals surface area contributed by atoms with Gasteiger partial charge in [-0.15, -0.1) is 0 Å². The molecule has 0 spiro atoms. The number of rotatable bonds is 5. The summed E-state index contributed by atoms with van der Waals surface area (Å²) in [5, 5.41) is 0. The van der Waals surface area contributed by atoms with Crippen LogP contribution in [0.3, 0.4) is 0 Å². The van der Waals surface area contributed by atoms with E-state index >= 15 is 0 Å². The molecule has 0 radical (unpaired) electrons. The van der Waals surface area contributed by atoms with Crippen molar-refractivity contribution in [1.82, 2.24) is 14.8 Å².